The summed E-state index contributed by atoms with van der Waals surface area (Å²) in [7, 11) is 1.99. The van der Waals surface area contributed by atoms with Crippen LogP contribution in [0.3, 0.4) is 0 Å². The SMILES string of the molecule is CNC(c1ccc2c(c1)CCCC2)c1cccc(Br)c1Cl. The molecule has 3 rings (SSSR count). The van der Waals surface area contributed by atoms with Crippen molar-refractivity contribution in [2.45, 2.75) is 31.7 Å². The molecule has 1 aliphatic rings. The van der Waals surface area contributed by atoms with Gasteiger partial charge in [0, 0.05) is 4.47 Å². The fourth-order valence-corrected chi connectivity index (χ4v) is 3.79. The Morgan fingerprint density at radius 3 is 2.62 bits per heavy atom. The Balaban J connectivity index is 2.02. The lowest BCUT2D eigenvalue weighted by atomic mass is 9.88. The molecule has 1 unspecified atom stereocenters. The zero-order valence-corrected chi connectivity index (χ0v) is 14.5. The number of fused-ring (bicyclic) bond motifs is 1. The first-order valence-corrected chi connectivity index (χ1v) is 8.60. The fourth-order valence-electron chi connectivity index (χ4n) is 3.18. The number of hydrogen-bond acceptors (Lipinski definition) is 1. The van der Waals surface area contributed by atoms with E-state index >= 15 is 0 Å². The molecule has 0 fully saturated rings. The summed E-state index contributed by atoms with van der Waals surface area (Å²) in [5.74, 6) is 0. The largest absolute Gasteiger partial charge is 0.309 e. The van der Waals surface area contributed by atoms with Crippen LogP contribution >= 0.6 is 27.5 Å². The Bertz CT molecular complexity index is 654. The highest BCUT2D eigenvalue weighted by atomic mass is 79.9. The topological polar surface area (TPSA) is 12.0 Å². The third-order valence-electron chi connectivity index (χ3n) is 4.29. The van der Waals surface area contributed by atoms with Gasteiger partial charge in [-0.15, -0.1) is 0 Å². The Morgan fingerprint density at radius 2 is 1.86 bits per heavy atom. The number of rotatable bonds is 3. The molecular formula is C18H19BrClN. The molecule has 0 aromatic heterocycles. The smallest absolute Gasteiger partial charge is 0.0599 e. The summed E-state index contributed by atoms with van der Waals surface area (Å²) in [6.45, 7) is 0. The van der Waals surface area contributed by atoms with Crippen LogP contribution in [-0.4, -0.2) is 7.05 Å². The van der Waals surface area contributed by atoms with E-state index in [-0.39, 0.29) is 6.04 Å². The molecule has 0 spiro atoms. The second-order valence-corrected chi connectivity index (χ2v) is 6.83. The third kappa shape index (κ3) is 3.03. The van der Waals surface area contributed by atoms with Crippen LogP contribution in [-0.2, 0) is 12.8 Å². The summed E-state index contributed by atoms with van der Waals surface area (Å²) in [5, 5.41) is 4.19. The molecule has 0 saturated heterocycles. The van der Waals surface area contributed by atoms with E-state index in [4.69, 9.17) is 11.6 Å². The molecule has 2 aromatic rings. The highest BCUT2D eigenvalue weighted by Crippen LogP contribution is 2.34. The number of halogens is 2. The Morgan fingerprint density at radius 1 is 1.10 bits per heavy atom. The van der Waals surface area contributed by atoms with Gasteiger partial charge in [-0.3, -0.25) is 0 Å². The van der Waals surface area contributed by atoms with E-state index in [9.17, 15) is 0 Å². The van der Waals surface area contributed by atoms with Crippen molar-refractivity contribution in [3.63, 3.8) is 0 Å². The van der Waals surface area contributed by atoms with E-state index in [1.807, 2.05) is 19.2 Å². The van der Waals surface area contributed by atoms with Crippen LogP contribution in [0.25, 0.3) is 0 Å². The summed E-state index contributed by atoms with van der Waals surface area (Å²) < 4.78 is 0.944. The van der Waals surface area contributed by atoms with Crippen LogP contribution in [0.4, 0.5) is 0 Å². The normalized spacial score (nSPS) is 15.6. The maximum Gasteiger partial charge on any atom is 0.0599 e. The Hall–Kier alpha value is -0.830. The molecule has 0 radical (unpaired) electrons. The zero-order valence-electron chi connectivity index (χ0n) is 12.1. The summed E-state index contributed by atoms with van der Waals surface area (Å²) >= 11 is 9.99. The molecule has 1 N–H and O–H groups in total. The van der Waals surface area contributed by atoms with Crippen molar-refractivity contribution >= 4 is 27.5 Å². The minimum atomic E-state index is 0.127. The van der Waals surface area contributed by atoms with E-state index in [0.29, 0.717) is 0 Å². The minimum Gasteiger partial charge on any atom is -0.309 e. The zero-order chi connectivity index (χ0) is 14.8. The molecule has 110 valence electrons. The van der Waals surface area contributed by atoms with Gasteiger partial charge in [-0.1, -0.05) is 41.9 Å². The van der Waals surface area contributed by atoms with Gasteiger partial charge in [-0.2, -0.15) is 0 Å². The summed E-state index contributed by atoms with van der Waals surface area (Å²) in [6.07, 6.45) is 5.04. The minimum absolute atomic E-state index is 0.127. The van der Waals surface area contributed by atoms with E-state index in [1.54, 1.807) is 0 Å². The molecule has 1 nitrogen and oxygen atoms in total. The van der Waals surface area contributed by atoms with Gasteiger partial charge in [0.2, 0.25) is 0 Å². The van der Waals surface area contributed by atoms with Gasteiger partial charge in [0.25, 0.3) is 0 Å². The van der Waals surface area contributed by atoms with Gasteiger partial charge in [0.15, 0.2) is 0 Å². The van der Waals surface area contributed by atoms with Crippen molar-refractivity contribution in [1.29, 1.82) is 0 Å². The Kier molecular flexibility index (Phi) is 4.68. The van der Waals surface area contributed by atoms with Crippen molar-refractivity contribution in [2.24, 2.45) is 0 Å². The second kappa shape index (κ2) is 6.51. The fraction of sp³-hybridized carbons (Fsp3) is 0.333. The van der Waals surface area contributed by atoms with Crippen LogP contribution in [0.2, 0.25) is 5.02 Å². The number of hydrogen-bond donors (Lipinski definition) is 1. The predicted molar refractivity (Wildman–Crippen MR) is 93.1 cm³/mol. The number of aryl methyl sites for hydroxylation is 2. The van der Waals surface area contributed by atoms with Crippen LogP contribution in [0.1, 0.15) is 41.1 Å². The predicted octanol–water partition coefficient (Wildman–Crippen LogP) is 5.29. The standard InChI is InChI=1S/C18H19BrClN/c1-21-18(15-7-4-8-16(19)17(15)20)14-10-9-12-5-2-3-6-13(12)11-14/h4,7-11,18,21H,2-3,5-6H2,1H3. The first-order chi connectivity index (χ1) is 10.2. The molecule has 1 aliphatic carbocycles. The highest BCUT2D eigenvalue weighted by Gasteiger charge is 2.18. The maximum absolute atomic E-state index is 6.47. The molecule has 2 aromatic carbocycles. The molecule has 21 heavy (non-hydrogen) atoms. The van der Waals surface area contributed by atoms with Gasteiger partial charge < -0.3 is 5.32 Å². The quantitative estimate of drug-likeness (QED) is 0.780. The first-order valence-electron chi connectivity index (χ1n) is 7.43. The lowest BCUT2D eigenvalue weighted by Crippen LogP contribution is -2.19. The van der Waals surface area contributed by atoms with Crippen LogP contribution < -0.4 is 5.32 Å². The van der Waals surface area contributed by atoms with Crippen LogP contribution in [0, 0.1) is 0 Å². The molecular weight excluding hydrogens is 346 g/mol. The molecule has 0 heterocycles. The van der Waals surface area contributed by atoms with Crippen molar-refractivity contribution < 1.29 is 0 Å². The lowest BCUT2D eigenvalue weighted by Gasteiger charge is -2.22. The molecule has 1 atom stereocenters. The van der Waals surface area contributed by atoms with Gasteiger partial charge in [-0.25, -0.2) is 0 Å². The summed E-state index contributed by atoms with van der Waals surface area (Å²) in [5.41, 5.74) is 5.42. The van der Waals surface area contributed by atoms with Gasteiger partial charge in [-0.05, 0) is 77.0 Å². The van der Waals surface area contributed by atoms with Crippen LogP contribution in [0.15, 0.2) is 40.9 Å². The monoisotopic (exact) mass is 363 g/mol. The third-order valence-corrected chi connectivity index (χ3v) is 5.60. The summed E-state index contributed by atoms with van der Waals surface area (Å²) in [4.78, 5) is 0. The van der Waals surface area contributed by atoms with E-state index in [1.165, 1.54) is 42.4 Å². The number of benzene rings is 2. The van der Waals surface area contributed by atoms with E-state index in [2.05, 4.69) is 45.5 Å². The molecule has 0 saturated carbocycles. The molecule has 0 amide bonds. The van der Waals surface area contributed by atoms with Crippen LogP contribution in [0.5, 0.6) is 0 Å². The van der Waals surface area contributed by atoms with Crippen molar-refractivity contribution in [3.8, 4) is 0 Å². The van der Waals surface area contributed by atoms with Crippen molar-refractivity contribution in [3.05, 3.63) is 68.1 Å². The van der Waals surface area contributed by atoms with E-state index < -0.39 is 0 Å². The van der Waals surface area contributed by atoms with Gasteiger partial charge >= 0.3 is 0 Å². The maximum atomic E-state index is 6.47. The molecule has 3 heteroatoms. The molecule has 0 aliphatic heterocycles. The molecule has 0 bridgehead atoms. The van der Waals surface area contributed by atoms with Gasteiger partial charge in [0.05, 0.1) is 11.1 Å². The average Bonchev–Trinajstić information content (AvgIpc) is 2.52. The first kappa shape index (κ1) is 15.1. The Labute approximate surface area is 139 Å². The second-order valence-electron chi connectivity index (χ2n) is 5.60. The van der Waals surface area contributed by atoms with Crippen molar-refractivity contribution in [1.82, 2.24) is 5.32 Å². The van der Waals surface area contributed by atoms with E-state index in [0.717, 1.165) is 15.1 Å². The average molecular weight is 365 g/mol. The lowest BCUT2D eigenvalue weighted by molar-refractivity contribution is 0.668. The summed E-state index contributed by atoms with van der Waals surface area (Å²) in [6, 6.07) is 13.1. The van der Waals surface area contributed by atoms with Gasteiger partial charge in [0.1, 0.15) is 0 Å². The van der Waals surface area contributed by atoms with Crippen molar-refractivity contribution in [2.75, 3.05) is 7.05 Å². The highest BCUT2D eigenvalue weighted by molar-refractivity contribution is 9.10. The number of nitrogens with one attached hydrogen (secondary N) is 1.